The average Bonchev–Trinajstić information content (AvgIpc) is 3.97. The molecule has 11 nitrogen and oxygen atoms in total. The van der Waals surface area contributed by atoms with E-state index in [-0.39, 0.29) is 121 Å². The van der Waals surface area contributed by atoms with Crippen molar-refractivity contribution in [2.24, 2.45) is 47.3 Å². The molecule has 0 aromatic rings. The van der Waals surface area contributed by atoms with Crippen LogP contribution in [0.3, 0.4) is 0 Å². The molecule has 0 spiro atoms. The Morgan fingerprint density at radius 3 is 1.10 bits per heavy atom. The number of carbonyl (C=O) groups excluding carboxylic acids is 8. The van der Waals surface area contributed by atoms with Crippen LogP contribution >= 0.6 is 0 Å². The molecule has 0 saturated heterocycles. The normalized spacial score (nSPS) is 26.6. The summed E-state index contributed by atoms with van der Waals surface area (Å²) in [5.74, 6) is -1.74. The van der Waals surface area contributed by atoms with Gasteiger partial charge in [-0.3, -0.25) is 38.4 Å². The van der Waals surface area contributed by atoms with E-state index in [2.05, 4.69) is 19.1 Å². The molecular weight excluding hydrogens is 777 g/mol. The summed E-state index contributed by atoms with van der Waals surface area (Å²) in [6.07, 6.45) is 28.2. The van der Waals surface area contributed by atoms with E-state index in [1.54, 1.807) is 0 Å². The zero-order valence-electron chi connectivity index (χ0n) is 37.3. The van der Waals surface area contributed by atoms with E-state index in [4.69, 9.17) is 14.2 Å². The molecule has 4 saturated carbocycles. The fourth-order valence-electron chi connectivity index (χ4n) is 9.30. The number of Topliss-reactive ketones (excluding diaryl/α,β-unsaturated/α-hetero) is 4. The van der Waals surface area contributed by atoms with Crippen LogP contribution in [0.4, 0.5) is 0 Å². The van der Waals surface area contributed by atoms with Crippen molar-refractivity contribution in [3.8, 4) is 0 Å². The Balaban J connectivity index is 0.000000327. The Morgan fingerprint density at radius 1 is 0.410 bits per heavy atom. The fourth-order valence-corrected chi connectivity index (χ4v) is 9.30. The van der Waals surface area contributed by atoms with E-state index in [1.807, 2.05) is 57.2 Å². The summed E-state index contributed by atoms with van der Waals surface area (Å²) in [4.78, 5) is 97.3. The van der Waals surface area contributed by atoms with Gasteiger partial charge >= 0.3 is 23.9 Å². The van der Waals surface area contributed by atoms with E-state index >= 15 is 0 Å². The maximum absolute atomic E-state index is 12.3. The molecule has 0 radical (unpaired) electrons. The second kappa shape index (κ2) is 28.3. The molecule has 0 aromatic heterocycles. The van der Waals surface area contributed by atoms with Crippen molar-refractivity contribution in [2.75, 3.05) is 13.2 Å². The van der Waals surface area contributed by atoms with E-state index in [9.17, 15) is 38.4 Å². The zero-order chi connectivity index (χ0) is 44.6. The summed E-state index contributed by atoms with van der Waals surface area (Å²) in [6, 6.07) is 0. The first-order valence-electron chi connectivity index (χ1n) is 23.2. The van der Waals surface area contributed by atoms with Crippen LogP contribution in [0.5, 0.6) is 0 Å². The molecule has 0 N–H and O–H groups in total. The van der Waals surface area contributed by atoms with Gasteiger partial charge in [-0.2, -0.15) is 0 Å². The Labute approximate surface area is 363 Å². The van der Waals surface area contributed by atoms with Gasteiger partial charge in [0, 0.05) is 68.6 Å². The van der Waals surface area contributed by atoms with Crippen LogP contribution in [0.15, 0.2) is 48.6 Å². The van der Waals surface area contributed by atoms with Crippen molar-refractivity contribution in [1.82, 2.24) is 0 Å². The van der Waals surface area contributed by atoms with Crippen LogP contribution in [0, 0.1) is 47.3 Å². The summed E-state index contributed by atoms with van der Waals surface area (Å²) in [7, 11) is 0. The van der Waals surface area contributed by atoms with Crippen molar-refractivity contribution in [3.63, 3.8) is 0 Å². The van der Waals surface area contributed by atoms with Crippen LogP contribution in [0.25, 0.3) is 0 Å². The molecule has 0 amide bonds. The van der Waals surface area contributed by atoms with Gasteiger partial charge in [0.05, 0.1) is 6.42 Å². The topological polar surface area (TPSA) is 164 Å². The van der Waals surface area contributed by atoms with Crippen molar-refractivity contribution >= 4 is 47.0 Å². The highest BCUT2D eigenvalue weighted by atomic mass is 16.6. The van der Waals surface area contributed by atoms with Crippen molar-refractivity contribution in [2.45, 2.75) is 156 Å². The first kappa shape index (κ1) is 51.1. The van der Waals surface area contributed by atoms with Gasteiger partial charge in [-0.1, -0.05) is 76.3 Å². The van der Waals surface area contributed by atoms with Crippen LogP contribution in [-0.2, 0) is 52.6 Å². The maximum atomic E-state index is 12.3. The van der Waals surface area contributed by atoms with Gasteiger partial charge in [-0.15, -0.1) is 0 Å². The lowest BCUT2D eigenvalue weighted by Crippen LogP contribution is -2.24. The molecule has 4 fully saturated rings. The molecule has 4 aliphatic carbocycles. The fraction of sp³-hybridized carbons (Fsp3) is 0.680. The monoisotopic (exact) mass is 849 g/mol. The smallest absolute Gasteiger partial charge is 0.314 e. The standard InChI is InChI=1S/C26H38O6.C24H34O5/c1-3-5-7-9-21-19(11-13-23(21)27)17-25(29)31-15-16-32-26(30)18-20-12-14-24(28)22(20)10-8-6-4-2;1-3-5-7-9-17-11-13-22(26)20(17)16-24(28)29-23(27)15-18-12-14-21(25)19(18)10-8-6-4-2/h5-8,19-22H,3-4,9-18H2,1-2H3;5-8,17-20H,3-4,9-16H2,1-2H3/b2*7-5-,8-6-. The largest absolute Gasteiger partial charge is 0.462 e. The summed E-state index contributed by atoms with van der Waals surface area (Å²) >= 11 is 0. The molecule has 4 aliphatic rings. The number of carbonyl (C=O) groups is 8. The number of allylic oxidation sites excluding steroid dienone is 8. The highest BCUT2D eigenvalue weighted by Crippen LogP contribution is 2.37. The Morgan fingerprint density at radius 2 is 0.721 bits per heavy atom. The molecular formula is C50H72O11. The molecule has 61 heavy (non-hydrogen) atoms. The minimum Gasteiger partial charge on any atom is -0.462 e. The van der Waals surface area contributed by atoms with Gasteiger partial charge in [0.1, 0.15) is 36.3 Å². The van der Waals surface area contributed by atoms with Crippen LogP contribution in [0.1, 0.15) is 156 Å². The second-order valence-corrected chi connectivity index (χ2v) is 17.1. The first-order valence-corrected chi connectivity index (χ1v) is 23.2. The maximum Gasteiger partial charge on any atom is 0.314 e. The molecule has 0 bridgehead atoms. The molecule has 0 aliphatic heterocycles. The number of esters is 4. The lowest BCUT2D eigenvalue weighted by Gasteiger charge is -2.17. The lowest BCUT2D eigenvalue weighted by molar-refractivity contribution is -0.162. The Hall–Kier alpha value is -4.28. The summed E-state index contributed by atoms with van der Waals surface area (Å²) in [6.45, 7) is 8.21. The van der Waals surface area contributed by atoms with Gasteiger partial charge in [-0.05, 0) is 101 Å². The summed E-state index contributed by atoms with van der Waals surface area (Å²) < 4.78 is 15.5. The molecule has 8 atom stereocenters. The first-order chi connectivity index (χ1) is 29.4. The molecule has 0 aromatic carbocycles. The highest BCUT2D eigenvalue weighted by Gasteiger charge is 2.39. The number of rotatable bonds is 23. The van der Waals surface area contributed by atoms with Crippen LogP contribution in [-0.4, -0.2) is 60.2 Å². The summed E-state index contributed by atoms with van der Waals surface area (Å²) in [5.41, 5.74) is 0. The van der Waals surface area contributed by atoms with Crippen LogP contribution in [0.2, 0.25) is 0 Å². The third kappa shape index (κ3) is 17.9. The van der Waals surface area contributed by atoms with Gasteiger partial charge < -0.3 is 14.2 Å². The zero-order valence-corrected chi connectivity index (χ0v) is 37.3. The third-order valence-electron chi connectivity index (χ3n) is 12.7. The van der Waals surface area contributed by atoms with Gasteiger partial charge in [0.15, 0.2) is 0 Å². The SMILES string of the molecule is CC/C=C\CC1C(=O)CCC1CC(=O)OCCOC(=O)CC1CCC(=O)C1C/C=C\CC.CC/C=C\CC1CCC(=O)C1CC(=O)OC(=O)CC1CCC(=O)C1C/C=C\CC. The van der Waals surface area contributed by atoms with Crippen molar-refractivity contribution in [1.29, 1.82) is 0 Å². The van der Waals surface area contributed by atoms with Crippen molar-refractivity contribution in [3.05, 3.63) is 48.6 Å². The molecule has 4 rings (SSSR count). The quantitative estimate of drug-likeness (QED) is 0.0316. The number of hydrogen-bond donors (Lipinski definition) is 0. The van der Waals surface area contributed by atoms with E-state index in [0.717, 1.165) is 51.4 Å². The molecule has 8 unspecified atom stereocenters. The Bertz CT molecular complexity index is 1540. The third-order valence-corrected chi connectivity index (χ3v) is 12.7. The second-order valence-electron chi connectivity index (χ2n) is 17.1. The average molecular weight is 849 g/mol. The van der Waals surface area contributed by atoms with Gasteiger partial charge in [0.25, 0.3) is 0 Å². The summed E-state index contributed by atoms with van der Waals surface area (Å²) in [5, 5.41) is 0. The predicted molar refractivity (Wildman–Crippen MR) is 233 cm³/mol. The van der Waals surface area contributed by atoms with E-state index < -0.39 is 11.9 Å². The predicted octanol–water partition coefficient (Wildman–Crippen LogP) is 9.50. The number of ketones is 4. The van der Waals surface area contributed by atoms with Gasteiger partial charge in [-0.25, -0.2) is 0 Å². The number of ether oxygens (including phenoxy) is 3. The number of hydrogen-bond acceptors (Lipinski definition) is 11. The van der Waals surface area contributed by atoms with Crippen LogP contribution < -0.4 is 0 Å². The van der Waals surface area contributed by atoms with Gasteiger partial charge in [0.2, 0.25) is 0 Å². The molecule has 11 heteroatoms. The van der Waals surface area contributed by atoms with E-state index in [0.29, 0.717) is 51.4 Å². The lowest BCUT2D eigenvalue weighted by atomic mass is 9.89. The molecule has 338 valence electrons. The van der Waals surface area contributed by atoms with E-state index in [1.165, 1.54) is 0 Å². The minimum absolute atomic E-state index is 0.0118. The molecule has 0 heterocycles. The highest BCUT2D eigenvalue weighted by molar-refractivity contribution is 5.92. The minimum atomic E-state index is -0.619. The Kier molecular flexibility index (Phi) is 23.7. The van der Waals surface area contributed by atoms with Crippen molar-refractivity contribution < 1.29 is 52.6 Å².